The van der Waals surface area contributed by atoms with Crippen LogP contribution in [0.4, 0.5) is 11.4 Å². The number of hydrogen-bond donors (Lipinski definition) is 6. The highest BCUT2D eigenvalue weighted by atomic mass is 32.2. The minimum atomic E-state index is -4.05. The van der Waals surface area contributed by atoms with Gasteiger partial charge in [-0.2, -0.15) is 8.42 Å². The maximum atomic E-state index is 12.1. The van der Waals surface area contributed by atoms with E-state index in [0.29, 0.717) is 18.5 Å². The lowest BCUT2D eigenvalue weighted by atomic mass is 10.1. The van der Waals surface area contributed by atoms with Crippen molar-refractivity contribution in [2.45, 2.75) is 71.1 Å². The summed E-state index contributed by atoms with van der Waals surface area (Å²) in [5.74, 6) is -1.58. The van der Waals surface area contributed by atoms with E-state index < -0.39 is 27.9 Å². The van der Waals surface area contributed by atoms with Crippen LogP contribution in [0.1, 0.15) is 71.1 Å². The Hall–Kier alpha value is -2.86. The zero-order chi connectivity index (χ0) is 25.2. The monoisotopic (exact) mass is 499 g/mol. The summed E-state index contributed by atoms with van der Waals surface area (Å²) in [6, 6.07) is 5.94. The molecule has 0 heterocycles. The van der Waals surface area contributed by atoms with Crippen molar-refractivity contribution < 1.29 is 27.9 Å². The number of carbonyl (C=O) groups excluding carboxylic acids is 3. The Morgan fingerprint density at radius 3 is 2.09 bits per heavy atom. The summed E-state index contributed by atoms with van der Waals surface area (Å²) in [7, 11) is -4.05. The van der Waals surface area contributed by atoms with Crippen LogP contribution in [0.2, 0.25) is 0 Å². The minimum absolute atomic E-state index is 0.0498. The number of hydrazine groups is 1. The van der Waals surface area contributed by atoms with Crippen LogP contribution in [0, 0.1) is 0 Å². The molecule has 34 heavy (non-hydrogen) atoms. The SMILES string of the molecule is CCCCCCCCCC(=O)NS(=O)(=O)Nc1ccc(NNC(=O)CC(=O)NCCCO)cc1. The van der Waals surface area contributed by atoms with Crippen LogP contribution in [-0.2, 0) is 24.6 Å². The van der Waals surface area contributed by atoms with Crippen LogP contribution in [0.5, 0.6) is 0 Å². The molecule has 0 aliphatic rings. The van der Waals surface area contributed by atoms with Crippen LogP contribution >= 0.6 is 0 Å². The molecule has 1 rings (SSSR count). The van der Waals surface area contributed by atoms with Gasteiger partial charge in [0.25, 0.3) is 0 Å². The highest BCUT2D eigenvalue weighted by molar-refractivity contribution is 7.91. The molecule has 11 nitrogen and oxygen atoms in total. The second-order valence-corrected chi connectivity index (χ2v) is 9.27. The van der Waals surface area contributed by atoms with Gasteiger partial charge in [0.2, 0.25) is 17.7 Å². The Kier molecular flexibility index (Phi) is 14.3. The Bertz CT molecular complexity index is 861. The zero-order valence-corrected chi connectivity index (χ0v) is 20.5. The van der Waals surface area contributed by atoms with Gasteiger partial charge in [-0.3, -0.25) is 30.0 Å². The molecule has 1 aromatic carbocycles. The van der Waals surface area contributed by atoms with Crippen molar-refractivity contribution in [3.8, 4) is 0 Å². The molecule has 0 unspecified atom stereocenters. The molecule has 0 aliphatic carbocycles. The van der Waals surface area contributed by atoms with Gasteiger partial charge in [-0.05, 0) is 37.1 Å². The first kappa shape index (κ1) is 29.2. The van der Waals surface area contributed by atoms with Crippen LogP contribution in [-0.4, -0.2) is 44.4 Å². The molecule has 3 amide bonds. The van der Waals surface area contributed by atoms with E-state index in [4.69, 9.17) is 5.11 Å². The third-order valence-electron chi connectivity index (χ3n) is 4.72. The molecular weight excluding hydrogens is 462 g/mol. The highest BCUT2D eigenvalue weighted by Crippen LogP contribution is 2.14. The van der Waals surface area contributed by atoms with E-state index in [2.05, 4.69) is 27.8 Å². The van der Waals surface area contributed by atoms with Crippen molar-refractivity contribution in [2.24, 2.45) is 0 Å². The summed E-state index contributed by atoms with van der Waals surface area (Å²) < 4.78 is 28.6. The van der Waals surface area contributed by atoms with Gasteiger partial charge < -0.3 is 10.4 Å². The zero-order valence-electron chi connectivity index (χ0n) is 19.7. The Morgan fingerprint density at radius 1 is 0.824 bits per heavy atom. The molecule has 0 bridgehead atoms. The first-order valence-corrected chi connectivity index (χ1v) is 13.1. The van der Waals surface area contributed by atoms with Crippen LogP contribution < -0.4 is 25.6 Å². The van der Waals surface area contributed by atoms with Crippen molar-refractivity contribution in [3.05, 3.63) is 24.3 Å². The predicted octanol–water partition coefficient (Wildman–Crippen LogP) is 1.93. The van der Waals surface area contributed by atoms with E-state index >= 15 is 0 Å². The van der Waals surface area contributed by atoms with Gasteiger partial charge in [0, 0.05) is 19.6 Å². The van der Waals surface area contributed by atoms with Crippen molar-refractivity contribution in [3.63, 3.8) is 0 Å². The van der Waals surface area contributed by atoms with Crippen molar-refractivity contribution in [2.75, 3.05) is 23.3 Å². The molecule has 0 atom stereocenters. The molecule has 0 radical (unpaired) electrons. The number of benzene rings is 1. The fourth-order valence-electron chi connectivity index (χ4n) is 2.95. The molecule has 0 saturated heterocycles. The molecular formula is C22H37N5O6S. The molecule has 1 aromatic rings. The van der Waals surface area contributed by atoms with Gasteiger partial charge in [-0.25, -0.2) is 4.72 Å². The Labute approximate surface area is 201 Å². The maximum Gasteiger partial charge on any atom is 0.323 e. The number of aliphatic hydroxyl groups excluding tert-OH is 1. The van der Waals surface area contributed by atoms with Crippen LogP contribution in [0.15, 0.2) is 24.3 Å². The van der Waals surface area contributed by atoms with Gasteiger partial charge in [-0.1, -0.05) is 45.4 Å². The number of carbonyl (C=O) groups is 3. The van der Waals surface area contributed by atoms with Crippen molar-refractivity contribution in [1.29, 1.82) is 0 Å². The van der Waals surface area contributed by atoms with Crippen LogP contribution in [0.25, 0.3) is 0 Å². The summed E-state index contributed by atoms with van der Waals surface area (Å²) in [5.41, 5.74) is 5.67. The van der Waals surface area contributed by atoms with Crippen LogP contribution in [0.3, 0.4) is 0 Å². The number of rotatable bonds is 18. The van der Waals surface area contributed by atoms with Gasteiger partial charge >= 0.3 is 10.2 Å². The van der Waals surface area contributed by atoms with Gasteiger partial charge in [0.1, 0.15) is 6.42 Å². The second kappa shape index (κ2) is 16.7. The van der Waals surface area contributed by atoms with E-state index in [-0.39, 0.29) is 31.7 Å². The van der Waals surface area contributed by atoms with E-state index in [1.807, 2.05) is 4.72 Å². The molecule has 12 heteroatoms. The second-order valence-electron chi connectivity index (χ2n) is 7.86. The molecule has 0 aliphatic heterocycles. The average Bonchev–Trinajstić information content (AvgIpc) is 2.77. The van der Waals surface area contributed by atoms with E-state index in [1.54, 1.807) is 0 Å². The van der Waals surface area contributed by atoms with Gasteiger partial charge in [0.15, 0.2) is 0 Å². The fraction of sp³-hybridized carbons (Fsp3) is 0.591. The summed E-state index contributed by atoms with van der Waals surface area (Å²) in [4.78, 5) is 35.2. The third-order valence-corrected chi connectivity index (χ3v) is 5.72. The molecule has 0 saturated carbocycles. The Balaban J connectivity index is 2.33. The summed E-state index contributed by atoms with van der Waals surface area (Å²) in [6.45, 7) is 2.39. The standard InChI is InChI=1S/C22H37N5O6S/c1-2-3-4-5-6-7-8-10-20(29)27-34(32,33)26-19-13-11-18(12-14-19)24-25-22(31)17-21(30)23-15-9-16-28/h11-14,24,26,28H,2-10,15-17H2,1H3,(H,23,30)(H,25,31)(H,27,29). The molecule has 6 N–H and O–H groups in total. The summed E-state index contributed by atoms with van der Waals surface area (Å²) in [5, 5.41) is 11.2. The number of anilines is 2. The number of unbranched alkanes of at least 4 members (excludes halogenated alkanes) is 6. The van der Waals surface area contributed by atoms with E-state index in [9.17, 15) is 22.8 Å². The maximum absolute atomic E-state index is 12.1. The number of aliphatic hydroxyl groups is 1. The number of hydrogen-bond acceptors (Lipinski definition) is 7. The number of nitrogens with one attached hydrogen (secondary N) is 5. The largest absolute Gasteiger partial charge is 0.396 e. The molecule has 0 spiro atoms. The quantitative estimate of drug-likeness (QED) is 0.102. The van der Waals surface area contributed by atoms with E-state index in [0.717, 1.165) is 19.3 Å². The van der Waals surface area contributed by atoms with E-state index in [1.165, 1.54) is 43.5 Å². The molecule has 192 valence electrons. The first-order chi connectivity index (χ1) is 16.3. The van der Waals surface area contributed by atoms with Gasteiger partial charge in [-0.15, -0.1) is 0 Å². The minimum Gasteiger partial charge on any atom is -0.396 e. The van der Waals surface area contributed by atoms with Gasteiger partial charge in [0.05, 0.1) is 11.4 Å². The predicted molar refractivity (Wildman–Crippen MR) is 131 cm³/mol. The van der Waals surface area contributed by atoms with Crippen molar-refractivity contribution in [1.82, 2.24) is 15.5 Å². The lowest BCUT2D eigenvalue weighted by Crippen LogP contribution is -2.35. The van der Waals surface area contributed by atoms with Crippen molar-refractivity contribution >= 4 is 39.3 Å². The fourth-order valence-corrected chi connectivity index (χ4v) is 3.85. The summed E-state index contributed by atoms with van der Waals surface area (Å²) >= 11 is 0. The first-order valence-electron chi connectivity index (χ1n) is 11.6. The normalized spacial score (nSPS) is 10.9. The lowest BCUT2D eigenvalue weighted by molar-refractivity contribution is -0.129. The topological polar surface area (TPSA) is 166 Å². The number of amides is 3. The third kappa shape index (κ3) is 14.3. The Morgan fingerprint density at radius 2 is 1.44 bits per heavy atom. The molecule has 0 aromatic heterocycles. The smallest absolute Gasteiger partial charge is 0.323 e. The average molecular weight is 500 g/mol. The highest BCUT2D eigenvalue weighted by Gasteiger charge is 2.14. The lowest BCUT2D eigenvalue weighted by Gasteiger charge is -2.11. The molecule has 0 fully saturated rings. The summed E-state index contributed by atoms with van der Waals surface area (Å²) in [6.07, 6.45) is 7.45.